The number of hydrogen-bond donors (Lipinski definition) is 2. The molecule has 1 aliphatic rings. The Hall–Kier alpha value is -1.50. The predicted molar refractivity (Wildman–Crippen MR) is 86.8 cm³/mol. The van der Waals surface area contributed by atoms with E-state index in [1.54, 1.807) is 0 Å². The normalized spacial score (nSPS) is 15.1. The SMILES string of the molecule is CCNc1cc(N(CC(N)=O)C2CCCC2)nc(SC)n1. The second-order valence-corrected chi connectivity index (χ2v) is 5.93. The van der Waals surface area contributed by atoms with E-state index in [9.17, 15) is 4.79 Å². The van der Waals surface area contributed by atoms with Crippen molar-refractivity contribution in [2.24, 2.45) is 5.73 Å². The van der Waals surface area contributed by atoms with Crippen molar-refractivity contribution in [3.63, 3.8) is 0 Å². The topological polar surface area (TPSA) is 84.1 Å². The molecule has 0 aromatic carbocycles. The minimum Gasteiger partial charge on any atom is -0.370 e. The van der Waals surface area contributed by atoms with Gasteiger partial charge in [-0.1, -0.05) is 24.6 Å². The number of primary amides is 1. The highest BCUT2D eigenvalue weighted by Gasteiger charge is 2.25. The van der Waals surface area contributed by atoms with Crippen LogP contribution in [0.1, 0.15) is 32.6 Å². The van der Waals surface area contributed by atoms with Crippen LogP contribution in [0.2, 0.25) is 0 Å². The van der Waals surface area contributed by atoms with E-state index in [-0.39, 0.29) is 12.5 Å². The Bertz CT molecular complexity index is 490. The summed E-state index contributed by atoms with van der Waals surface area (Å²) in [6, 6.07) is 2.25. The zero-order chi connectivity index (χ0) is 15.2. The molecule has 6 nitrogen and oxygen atoms in total. The summed E-state index contributed by atoms with van der Waals surface area (Å²) in [6.07, 6.45) is 6.51. The molecule has 1 saturated carbocycles. The fourth-order valence-corrected chi connectivity index (χ4v) is 3.08. The Balaban J connectivity index is 2.32. The summed E-state index contributed by atoms with van der Waals surface area (Å²) in [4.78, 5) is 22.5. The molecule has 0 aliphatic heterocycles. The standard InChI is InChI=1S/C14H23N5OS/c1-3-16-12-8-13(18-14(17-12)21-2)19(9-11(15)20)10-6-4-5-7-10/h8,10H,3-7,9H2,1-2H3,(H2,15,20)(H,16,17,18). The van der Waals surface area contributed by atoms with Crippen molar-refractivity contribution in [3.8, 4) is 0 Å². The second kappa shape index (κ2) is 7.49. The molecule has 0 atom stereocenters. The van der Waals surface area contributed by atoms with Gasteiger partial charge in [0, 0.05) is 18.7 Å². The molecule has 1 aliphatic carbocycles. The zero-order valence-electron chi connectivity index (χ0n) is 12.6. The number of aromatic nitrogens is 2. The molecule has 3 N–H and O–H groups in total. The third kappa shape index (κ3) is 4.23. The summed E-state index contributed by atoms with van der Waals surface area (Å²) in [5, 5.41) is 3.92. The molecule has 1 aromatic rings. The van der Waals surface area contributed by atoms with E-state index in [2.05, 4.69) is 15.3 Å². The Morgan fingerprint density at radius 2 is 2.19 bits per heavy atom. The highest BCUT2D eigenvalue weighted by Crippen LogP contribution is 2.29. The van der Waals surface area contributed by atoms with Crippen LogP contribution in [0, 0.1) is 0 Å². The van der Waals surface area contributed by atoms with Crippen molar-refractivity contribution in [1.82, 2.24) is 9.97 Å². The molecule has 1 aromatic heterocycles. The van der Waals surface area contributed by atoms with Crippen LogP contribution in [0.15, 0.2) is 11.2 Å². The van der Waals surface area contributed by atoms with Gasteiger partial charge in [-0.2, -0.15) is 0 Å². The summed E-state index contributed by atoms with van der Waals surface area (Å²) in [7, 11) is 0. The van der Waals surface area contributed by atoms with Crippen LogP contribution in [-0.4, -0.2) is 41.3 Å². The van der Waals surface area contributed by atoms with Crippen LogP contribution in [0.3, 0.4) is 0 Å². The number of carbonyl (C=O) groups is 1. The van der Waals surface area contributed by atoms with Crippen LogP contribution in [0.25, 0.3) is 0 Å². The van der Waals surface area contributed by atoms with Gasteiger partial charge in [-0.3, -0.25) is 4.79 Å². The number of nitrogens with one attached hydrogen (secondary N) is 1. The van der Waals surface area contributed by atoms with Crippen molar-refractivity contribution >= 4 is 29.3 Å². The quantitative estimate of drug-likeness (QED) is 0.591. The first-order valence-corrected chi connectivity index (χ1v) is 8.58. The lowest BCUT2D eigenvalue weighted by molar-refractivity contribution is -0.116. The number of carbonyl (C=O) groups excluding carboxylic acids is 1. The van der Waals surface area contributed by atoms with Crippen molar-refractivity contribution < 1.29 is 4.79 Å². The lowest BCUT2D eigenvalue weighted by Gasteiger charge is -2.29. The molecule has 7 heteroatoms. The fraction of sp³-hybridized carbons (Fsp3) is 0.643. The predicted octanol–water partition coefficient (Wildman–Crippen LogP) is 1.86. The molecule has 0 bridgehead atoms. The van der Waals surface area contributed by atoms with E-state index >= 15 is 0 Å². The van der Waals surface area contributed by atoms with E-state index < -0.39 is 0 Å². The highest BCUT2D eigenvalue weighted by atomic mass is 32.2. The molecule has 2 rings (SSSR count). The monoisotopic (exact) mass is 309 g/mol. The molecule has 0 spiro atoms. The summed E-state index contributed by atoms with van der Waals surface area (Å²) in [5.74, 6) is 1.26. The lowest BCUT2D eigenvalue weighted by Crippen LogP contribution is -2.40. The number of thioether (sulfide) groups is 1. The van der Waals surface area contributed by atoms with Gasteiger partial charge >= 0.3 is 0 Å². The third-order valence-electron chi connectivity index (χ3n) is 3.62. The smallest absolute Gasteiger partial charge is 0.237 e. The number of nitrogens with zero attached hydrogens (tertiary/aromatic N) is 3. The van der Waals surface area contributed by atoms with E-state index in [4.69, 9.17) is 5.73 Å². The van der Waals surface area contributed by atoms with Gasteiger partial charge in [-0.25, -0.2) is 9.97 Å². The fourth-order valence-electron chi connectivity index (χ4n) is 2.70. The van der Waals surface area contributed by atoms with E-state index in [0.717, 1.165) is 31.0 Å². The van der Waals surface area contributed by atoms with Gasteiger partial charge in [0.05, 0.1) is 6.54 Å². The largest absolute Gasteiger partial charge is 0.370 e. The lowest BCUT2D eigenvalue weighted by atomic mass is 10.2. The minimum absolute atomic E-state index is 0.209. The first-order valence-electron chi connectivity index (χ1n) is 7.36. The van der Waals surface area contributed by atoms with Crippen molar-refractivity contribution in [2.45, 2.75) is 43.8 Å². The number of nitrogens with two attached hydrogens (primary N) is 1. The third-order valence-corrected chi connectivity index (χ3v) is 4.17. The van der Waals surface area contributed by atoms with Gasteiger partial charge < -0.3 is 16.0 Å². The summed E-state index contributed by atoms with van der Waals surface area (Å²) in [6.45, 7) is 3.03. The van der Waals surface area contributed by atoms with Crippen LogP contribution >= 0.6 is 11.8 Å². The number of hydrogen-bond acceptors (Lipinski definition) is 6. The first-order chi connectivity index (χ1) is 10.1. The average molecular weight is 309 g/mol. The van der Waals surface area contributed by atoms with Gasteiger partial charge in [-0.05, 0) is 26.0 Å². The summed E-state index contributed by atoms with van der Waals surface area (Å²) < 4.78 is 0. The molecule has 1 fully saturated rings. The molecular formula is C14H23N5OS. The van der Waals surface area contributed by atoms with E-state index in [1.165, 1.54) is 24.6 Å². The molecule has 1 amide bonds. The van der Waals surface area contributed by atoms with E-state index in [0.29, 0.717) is 11.2 Å². The molecule has 0 unspecified atom stereocenters. The average Bonchev–Trinajstić information content (AvgIpc) is 2.98. The second-order valence-electron chi connectivity index (χ2n) is 5.16. The van der Waals surface area contributed by atoms with Crippen LogP contribution in [0.5, 0.6) is 0 Å². The number of anilines is 2. The molecule has 1 heterocycles. The Labute approximate surface area is 129 Å². The maximum Gasteiger partial charge on any atom is 0.237 e. The van der Waals surface area contributed by atoms with Gasteiger partial charge in [0.25, 0.3) is 0 Å². The Kier molecular flexibility index (Phi) is 5.67. The zero-order valence-corrected chi connectivity index (χ0v) is 13.4. The van der Waals surface area contributed by atoms with Crippen molar-refractivity contribution in [3.05, 3.63) is 6.07 Å². The number of rotatable bonds is 7. The molecule has 0 saturated heterocycles. The van der Waals surface area contributed by atoms with Crippen LogP contribution in [0.4, 0.5) is 11.6 Å². The first kappa shape index (κ1) is 15.9. The molecular weight excluding hydrogens is 286 g/mol. The van der Waals surface area contributed by atoms with Gasteiger partial charge in [0.1, 0.15) is 11.6 Å². The van der Waals surface area contributed by atoms with Gasteiger partial charge in [0.2, 0.25) is 5.91 Å². The van der Waals surface area contributed by atoms with E-state index in [1.807, 2.05) is 24.1 Å². The van der Waals surface area contributed by atoms with Crippen molar-refractivity contribution in [2.75, 3.05) is 29.6 Å². The van der Waals surface area contributed by atoms with Gasteiger partial charge in [0.15, 0.2) is 5.16 Å². The summed E-state index contributed by atoms with van der Waals surface area (Å²) in [5.41, 5.74) is 5.42. The Morgan fingerprint density at radius 3 is 2.76 bits per heavy atom. The van der Waals surface area contributed by atoms with Crippen LogP contribution < -0.4 is 16.0 Å². The Morgan fingerprint density at radius 1 is 1.48 bits per heavy atom. The summed E-state index contributed by atoms with van der Waals surface area (Å²) >= 11 is 1.50. The van der Waals surface area contributed by atoms with Gasteiger partial charge in [-0.15, -0.1) is 0 Å². The number of amides is 1. The minimum atomic E-state index is -0.323. The highest BCUT2D eigenvalue weighted by molar-refractivity contribution is 7.98. The maximum absolute atomic E-state index is 11.4. The maximum atomic E-state index is 11.4. The molecule has 116 valence electrons. The van der Waals surface area contributed by atoms with Crippen LogP contribution in [-0.2, 0) is 4.79 Å². The van der Waals surface area contributed by atoms with Crippen molar-refractivity contribution in [1.29, 1.82) is 0 Å². The molecule has 0 radical (unpaired) electrons. The molecule has 21 heavy (non-hydrogen) atoms.